The molecule has 0 aliphatic carbocycles. The maximum Gasteiger partial charge on any atom is 0.323 e. The molecule has 4 nitrogen and oxygen atoms in total. The molecule has 0 bridgehead atoms. The number of carboxylic acid groups (broad SMARTS) is 1. The molecule has 0 spiro atoms. The van der Waals surface area contributed by atoms with Crippen LogP contribution in [0.3, 0.4) is 0 Å². The van der Waals surface area contributed by atoms with E-state index in [2.05, 4.69) is 6.92 Å². The number of rotatable bonds is 10. The molecule has 0 aliphatic heterocycles. The molecule has 0 saturated carbocycles. The second-order valence-corrected chi connectivity index (χ2v) is 4.65. The standard InChI is InChI=1S/C13H24FNO3/c1-3-4-5-6-7-8-11(14)9-12(16)15(2)10-13(17)18/h11H,3-10H2,1-2H3,(H,17,18). The van der Waals surface area contributed by atoms with Crippen LogP contribution in [-0.4, -0.2) is 41.6 Å². The fourth-order valence-electron chi connectivity index (χ4n) is 1.71. The number of likely N-dealkylation sites (N-methyl/N-ethyl adjacent to an activating group) is 1. The number of hydrogen-bond acceptors (Lipinski definition) is 2. The molecule has 0 radical (unpaired) electrons. The first kappa shape index (κ1) is 16.9. The Labute approximate surface area is 108 Å². The first-order valence-electron chi connectivity index (χ1n) is 6.57. The lowest BCUT2D eigenvalue weighted by atomic mass is 10.1. The van der Waals surface area contributed by atoms with Crippen LogP contribution >= 0.6 is 0 Å². The Balaban J connectivity index is 3.69. The number of carbonyl (C=O) groups excluding carboxylic acids is 1. The van der Waals surface area contributed by atoms with Crippen molar-refractivity contribution in [2.75, 3.05) is 13.6 Å². The van der Waals surface area contributed by atoms with Crippen LogP contribution in [0.1, 0.15) is 51.9 Å². The second kappa shape index (κ2) is 9.85. The van der Waals surface area contributed by atoms with Gasteiger partial charge in [-0.1, -0.05) is 39.0 Å². The van der Waals surface area contributed by atoms with Gasteiger partial charge in [-0.05, 0) is 6.42 Å². The molecule has 1 unspecified atom stereocenters. The number of unbranched alkanes of at least 4 members (excludes halogenated alkanes) is 4. The van der Waals surface area contributed by atoms with E-state index in [1.54, 1.807) is 0 Å². The Bertz CT molecular complexity index is 259. The Kier molecular flexibility index (Phi) is 9.24. The molecule has 0 saturated heterocycles. The molecule has 0 aliphatic rings. The first-order chi connectivity index (χ1) is 8.47. The third-order valence-corrected chi connectivity index (χ3v) is 2.82. The molecule has 5 heteroatoms. The first-order valence-corrected chi connectivity index (χ1v) is 6.57. The highest BCUT2D eigenvalue weighted by atomic mass is 19.1. The number of nitrogens with zero attached hydrogens (tertiary/aromatic N) is 1. The zero-order valence-electron chi connectivity index (χ0n) is 11.3. The molecule has 0 aromatic rings. The monoisotopic (exact) mass is 261 g/mol. The Morgan fingerprint density at radius 2 is 1.83 bits per heavy atom. The molecule has 0 heterocycles. The molecular weight excluding hydrogens is 237 g/mol. The van der Waals surface area contributed by atoms with E-state index >= 15 is 0 Å². The van der Waals surface area contributed by atoms with E-state index in [1.165, 1.54) is 7.05 Å². The average molecular weight is 261 g/mol. The van der Waals surface area contributed by atoms with Crippen LogP contribution in [0.15, 0.2) is 0 Å². The highest BCUT2D eigenvalue weighted by Gasteiger charge is 2.17. The normalized spacial score (nSPS) is 12.2. The quantitative estimate of drug-likeness (QED) is 0.615. The smallest absolute Gasteiger partial charge is 0.323 e. The predicted molar refractivity (Wildman–Crippen MR) is 68.2 cm³/mol. The molecule has 18 heavy (non-hydrogen) atoms. The minimum atomic E-state index is -1.16. The Morgan fingerprint density at radius 1 is 1.22 bits per heavy atom. The fourth-order valence-corrected chi connectivity index (χ4v) is 1.71. The van der Waals surface area contributed by atoms with Crippen LogP contribution in [0.5, 0.6) is 0 Å². The van der Waals surface area contributed by atoms with Gasteiger partial charge in [-0.3, -0.25) is 9.59 Å². The van der Waals surface area contributed by atoms with Crippen molar-refractivity contribution in [3.05, 3.63) is 0 Å². The summed E-state index contributed by atoms with van der Waals surface area (Å²) in [6, 6.07) is 0. The summed E-state index contributed by atoms with van der Waals surface area (Å²) in [6.45, 7) is 1.75. The third-order valence-electron chi connectivity index (χ3n) is 2.82. The summed E-state index contributed by atoms with van der Waals surface area (Å²) in [7, 11) is 1.38. The number of alkyl halides is 1. The summed E-state index contributed by atoms with van der Waals surface area (Å²) in [5.74, 6) is -1.53. The molecule has 0 rings (SSSR count). The van der Waals surface area contributed by atoms with Gasteiger partial charge in [0.1, 0.15) is 12.7 Å². The lowest BCUT2D eigenvalue weighted by Gasteiger charge is -2.16. The maximum absolute atomic E-state index is 13.5. The van der Waals surface area contributed by atoms with E-state index in [1.807, 2.05) is 0 Å². The van der Waals surface area contributed by atoms with Crippen LogP contribution in [0, 0.1) is 0 Å². The van der Waals surface area contributed by atoms with Crippen LogP contribution in [0.2, 0.25) is 0 Å². The largest absolute Gasteiger partial charge is 0.480 e. The van der Waals surface area contributed by atoms with Crippen molar-refractivity contribution in [1.82, 2.24) is 4.90 Å². The molecular formula is C13H24FNO3. The zero-order chi connectivity index (χ0) is 14.0. The van der Waals surface area contributed by atoms with Gasteiger partial charge in [0.2, 0.25) is 5.91 Å². The highest BCUT2D eigenvalue weighted by Crippen LogP contribution is 2.12. The number of halogens is 1. The van der Waals surface area contributed by atoms with Crippen LogP contribution in [-0.2, 0) is 9.59 Å². The summed E-state index contributed by atoms with van der Waals surface area (Å²) in [6.07, 6.45) is 4.22. The van der Waals surface area contributed by atoms with E-state index in [4.69, 9.17) is 5.11 Å². The molecule has 0 fully saturated rings. The Hall–Kier alpha value is -1.13. The Morgan fingerprint density at radius 3 is 2.39 bits per heavy atom. The number of hydrogen-bond donors (Lipinski definition) is 1. The van der Waals surface area contributed by atoms with Crippen molar-refractivity contribution in [3.8, 4) is 0 Å². The minimum absolute atomic E-state index is 0.211. The van der Waals surface area contributed by atoms with Gasteiger partial charge in [0, 0.05) is 7.05 Å². The molecule has 1 N–H and O–H groups in total. The van der Waals surface area contributed by atoms with Crippen molar-refractivity contribution in [2.45, 2.75) is 58.0 Å². The van der Waals surface area contributed by atoms with Gasteiger partial charge in [0.05, 0.1) is 6.42 Å². The van der Waals surface area contributed by atoms with Crippen molar-refractivity contribution in [1.29, 1.82) is 0 Å². The van der Waals surface area contributed by atoms with Gasteiger partial charge in [-0.15, -0.1) is 0 Å². The lowest BCUT2D eigenvalue weighted by Crippen LogP contribution is -2.33. The van der Waals surface area contributed by atoms with Crippen molar-refractivity contribution in [2.24, 2.45) is 0 Å². The van der Waals surface area contributed by atoms with E-state index in [9.17, 15) is 14.0 Å². The third kappa shape index (κ3) is 8.96. The number of carboxylic acids is 1. The summed E-state index contributed by atoms with van der Waals surface area (Å²) < 4.78 is 13.5. The number of carbonyl (C=O) groups is 2. The van der Waals surface area contributed by atoms with E-state index in [-0.39, 0.29) is 13.0 Å². The topological polar surface area (TPSA) is 57.6 Å². The minimum Gasteiger partial charge on any atom is -0.480 e. The van der Waals surface area contributed by atoms with Crippen molar-refractivity contribution < 1.29 is 19.1 Å². The molecule has 1 atom stereocenters. The van der Waals surface area contributed by atoms with Gasteiger partial charge in [-0.25, -0.2) is 4.39 Å². The molecule has 106 valence electrons. The fraction of sp³-hybridized carbons (Fsp3) is 0.846. The highest BCUT2D eigenvalue weighted by molar-refractivity contribution is 5.81. The van der Waals surface area contributed by atoms with E-state index in [0.29, 0.717) is 6.42 Å². The van der Waals surface area contributed by atoms with Gasteiger partial charge in [-0.2, -0.15) is 0 Å². The second-order valence-electron chi connectivity index (χ2n) is 4.65. The molecule has 1 amide bonds. The van der Waals surface area contributed by atoms with E-state index < -0.39 is 18.0 Å². The van der Waals surface area contributed by atoms with Crippen molar-refractivity contribution >= 4 is 11.9 Å². The van der Waals surface area contributed by atoms with Gasteiger partial charge >= 0.3 is 5.97 Å². The summed E-state index contributed by atoms with van der Waals surface area (Å²) in [5, 5.41) is 8.50. The van der Waals surface area contributed by atoms with Gasteiger partial charge in [0.15, 0.2) is 0 Å². The lowest BCUT2D eigenvalue weighted by molar-refractivity contribution is -0.143. The van der Waals surface area contributed by atoms with E-state index in [0.717, 1.165) is 37.0 Å². The van der Waals surface area contributed by atoms with Crippen LogP contribution in [0.4, 0.5) is 4.39 Å². The SMILES string of the molecule is CCCCCCCC(F)CC(=O)N(C)CC(=O)O. The van der Waals surface area contributed by atoms with Crippen LogP contribution in [0.25, 0.3) is 0 Å². The maximum atomic E-state index is 13.5. The van der Waals surface area contributed by atoms with Gasteiger partial charge in [0.25, 0.3) is 0 Å². The van der Waals surface area contributed by atoms with Crippen molar-refractivity contribution in [3.63, 3.8) is 0 Å². The van der Waals surface area contributed by atoms with Crippen LogP contribution < -0.4 is 0 Å². The summed E-state index contributed by atoms with van der Waals surface area (Å²) in [4.78, 5) is 22.9. The number of amides is 1. The molecule has 0 aromatic carbocycles. The number of aliphatic carboxylic acids is 1. The summed E-state index contributed by atoms with van der Waals surface area (Å²) >= 11 is 0. The summed E-state index contributed by atoms with van der Waals surface area (Å²) in [5.41, 5.74) is 0. The molecule has 0 aromatic heterocycles. The zero-order valence-corrected chi connectivity index (χ0v) is 11.3. The van der Waals surface area contributed by atoms with Gasteiger partial charge < -0.3 is 10.0 Å². The average Bonchev–Trinajstić information content (AvgIpc) is 2.27. The predicted octanol–water partition coefficient (Wildman–Crippen LogP) is 2.62.